The fourth-order valence-corrected chi connectivity index (χ4v) is 4.51. The van der Waals surface area contributed by atoms with Crippen LogP contribution in [0.25, 0.3) is 0 Å². The van der Waals surface area contributed by atoms with Gasteiger partial charge < -0.3 is 5.32 Å². The topological polar surface area (TPSA) is 29.1 Å². The molecule has 2 nitrogen and oxygen atoms in total. The van der Waals surface area contributed by atoms with Crippen molar-refractivity contribution in [2.24, 2.45) is 5.92 Å². The summed E-state index contributed by atoms with van der Waals surface area (Å²) in [6, 6.07) is 9.02. The zero-order valence-electron chi connectivity index (χ0n) is 12.7. The van der Waals surface area contributed by atoms with Gasteiger partial charge in [0, 0.05) is 11.6 Å². The van der Waals surface area contributed by atoms with Gasteiger partial charge in [0.2, 0.25) is 0 Å². The van der Waals surface area contributed by atoms with Crippen LogP contribution in [0, 0.1) is 5.92 Å². The summed E-state index contributed by atoms with van der Waals surface area (Å²) in [4.78, 5) is 13.0. The van der Waals surface area contributed by atoms with Crippen molar-refractivity contribution in [3.8, 4) is 0 Å². The molecular weight excluding hydrogens is 258 g/mol. The van der Waals surface area contributed by atoms with Crippen LogP contribution < -0.4 is 5.32 Å². The smallest absolute Gasteiger partial charge is 0.180 e. The standard InChI is InChI=1S/C19H25NO/c21-19(18-12-14-6-1-4-11-17(14)20-18)16-10-3-2-9-15(16)13-7-5-8-13/h2-3,9-10,13-14,17-18,20H,1,4-8,11-12H2. The van der Waals surface area contributed by atoms with Gasteiger partial charge in [-0.05, 0) is 49.5 Å². The number of hydrogen-bond donors (Lipinski definition) is 1. The van der Waals surface area contributed by atoms with Gasteiger partial charge in [-0.1, -0.05) is 43.5 Å². The number of ketones is 1. The molecule has 1 aliphatic heterocycles. The molecule has 0 amide bonds. The van der Waals surface area contributed by atoms with Crippen LogP contribution in [0.5, 0.6) is 0 Å². The van der Waals surface area contributed by atoms with Crippen molar-refractivity contribution in [2.45, 2.75) is 69.4 Å². The van der Waals surface area contributed by atoms with Crippen LogP contribution >= 0.6 is 0 Å². The summed E-state index contributed by atoms with van der Waals surface area (Å²) < 4.78 is 0. The summed E-state index contributed by atoms with van der Waals surface area (Å²) in [5, 5.41) is 3.64. The Morgan fingerprint density at radius 2 is 1.81 bits per heavy atom. The second-order valence-corrected chi connectivity index (χ2v) is 7.19. The zero-order valence-corrected chi connectivity index (χ0v) is 12.7. The van der Waals surface area contributed by atoms with E-state index in [4.69, 9.17) is 0 Å². The molecule has 2 heteroatoms. The molecule has 3 fully saturated rings. The number of benzene rings is 1. The molecular formula is C19H25NO. The van der Waals surface area contributed by atoms with Crippen LogP contribution in [0.1, 0.15) is 73.2 Å². The molecule has 2 saturated carbocycles. The van der Waals surface area contributed by atoms with Crippen LogP contribution in [0.2, 0.25) is 0 Å². The Morgan fingerprint density at radius 3 is 2.57 bits per heavy atom. The summed E-state index contributed by atoms with van der Waals surface area (Å²) in [7, 11) is 0. The Hall–Kier alpha value is -1.15. The van der Waals surface area contributed by atoms with Gasteiger partial charge in [0.15, 0.2) is 5.78 Å². The Kier molecular flexibility index (Phi) is 3.58. The molecule has 0 radical (unpaired) electrons. The largest absolute Gasteiger partial charge is 0.304 e. The van der Waals surface area contributed by atoms with E-state index < -0.39 is 0 Å². The van der Waals surface area contributed by atoms with E-state index in [1.165, 1.54) is 50.5 Å². The minimum atomic E-state index is 0.0688. The van der Waals surface area contributed by atoms with Gasteiger partial charge in [-0.25, -0.2) is 0 Å². The molecule has 0 spiro atoms. The fourth-order valence-electron chi connectivity index (χ4n) is 4.51. The first kappa shape index (κ1) is 13.5. The lowest BCUT2D eigenvalue weighted by Crippen LogP contribution is -2.37. The van der Waals surface area contributed by atoms with Crippen LogP contribution in [-0.2, 0) is 0 Å². The number of fused-ring (bicyclic) bond motifs is 1. The molecule has 0 aromatic heterocycles. The van der Waals surface area contributed by atoms with E-state index in [9.17, 15) is 4.79 Å². The quantitative estimate of drug-likeness (QED) is 0.848. The number of Topliss-reactive ketones (excluding diaryl/α,β-unsaturated/α-hetero) is 1. The maximum atomic E-state index is 13.0. The van der Waals surface area contributed by atoms with E-state index in [0.717, 1.165) is 17.9 Å². The highest BCUT2D eigenvalue weighted by Gasteiger charge is 2.39. The minimum absolute atomic E-state index is 0.0688. The highest BCUT2D eigenvalue weighted by Crippen LogP contribution is 2.39. The van der Waals surface area contributed by atoms with Crippen molar-refractivity contribution in [3.05, 3.63) is 35.4 Å². The first-order chi connectivity index (χ1) is 10.3. The lowest BCUT2D eigenvalue weighted by atomic mass is 9.77. The third-order valence-electron chi connectivity index (χ3n) is 5.95. The molecule has 1 saturated heterocycles. The molecule has 3 unspecified atom stereocenters. The average Bonchev–Trinajstić information content (AvgIpc) is 2.89. The van der Waals surface area contributed by atoms with Crippen molar-refractivity contribution in [3.63, 3.8) is 0 Å². The molecule has 112 valence electrons. The van der Waals surface area contributed by atoms with Crippen molar-refractivity contribution in [1.82, 2.24) is 5.32 Å². The van der Waals surface area contributed by atoms with Gasteiger partial charge in [-0.3, -0.25) is 4.79 Å². The molecule has 4 rings (SSSR count). The number of carbonyl (C=O) groups excluding carboxylic acids is 1. The van der Waals surface area contributed by atoms with Crippen LogP contribution in [-0.4, -0.2) is 17.9 Å². The second-order valence-electron chi connectivity index (χ2n) is 7.19. The molecule has 1 aromatic carbocycles. The van der Waals surface area contributed by atoms with Gasteiger partial charge in [0.1, 0.15) is 0 Å². The number of hydrogen-bond acceptors (Lipinski definition) is 2. The molecule has 21 heavy (non-hydrogen) atoms. The molecule has 1 heterocycles. The van der Waals surface area contributed by atoms with E-state index in [1.54, 1.807) is 0 Å². The summed E-state index contributed by atoms with van der Waals surface area (Å²) in [6.07, 6.45) is 10.1. The number of nitrogens with one attached hydrogen (secondary N) is 1. The third kappa shape index (κ3) is 2.44. The molecule has 3 atom stereocenters. The number of rotatable bonds is 3. The van der Waals surface area contributed by atoms with E-state index >= 15 is 0 Å². The summed E-state index contributed by atoms with van der Waals surface area (Å²) in [5.41, 5.74) is 2.31. The van der Waals surface area contributed by atoms with Crippen LogP contribution in [0.15, 0.2) is 24.3 Å². The SMILES string of the molecule is O=C(c1ccccc1C1CCC1)C1CC2CCCCC2N1. The van der Waals surface area contributed by atoms with Gasteiger partial charge in [0.25, 0.3) is 0 Å². The maximum Gasteiger partial charge on any atom is 0.180 e. The molecule has 2 aliphatic carbocycles. The first-order valence-corrected chi connectivity index (χ1v) is 8.72. The molecule has 3 aliphatic rings. The Morgan fingerprint density at radius 1 is 1.00 bits per heavy atom. The zero-order chi connectivity index (χ0) is 14.2. The van der Waals surface area contributed by atoms with E-state index in [1.807, 2.05) is 6.07 Å². The summed E-state index contributed by atoms with van der Waals surface area (Å²) in [6.45, 7) is 0. The highest BCUT2D eigenvalue weighted by molar-refractivity contribution is 6.01. The lowest BCUT2D eigenvalue weighted by molar-refractivity contribution is 0.0947. The third-order valence-corrected chi connectivity index (χ3v) is 5.95. The molecule has 0 bridgehead atoms. The van der Waals surface area contributed by atoms with Crippen molar-refractivity contribution in [1.29, 1.82) is 0 Å². The minimum Gasteiger partial charge on any atom is -0.304 e. The van der Waals surface area contributed by atoms with Crippen LogP contribution in [0.4, 0.5) is 0 Å². The highest BCUT2D eigenvalue weighted by atomic mass is 16.1. The summed E-state index contributed by atoms with van der Waals surface area (Å²) in [5.74, 6) is 1.73. The Labute approximate surface area is 127 Å². The van der Waals surface area contributed by atoms with Crippen molar-refractivity contribution < 1.29 is 4.79 Å². The Bertz CT molecular complexity index is 520. The Balaban J connectivity index is 1.55. The molecule has 1 N–H and O–H groups in total. The first-order valence-electron chi connectivity index (χ1n) is 8.72. The second kappa shape index (κ2) is 5.57. The lowest BCUT2D eigenvalue weighted by Gasteiger charge is -2.28. The van der Waals surface area contributed by atoms with Crippen LogP contribution in [0.3, 0.4) is 0 Å². The van der Waals surface area contributed by atoms with Crippen molar-refractivity contribution in [2.75, 3.05) is 0 Å². The van der Waals surface area contributed by atoms with Gasteiger partial charge in [0.05, 0.1) is 6.04 Å². The van der Waals surface area contributed by atoms with Gasteiger partial charge >= 0.3 is 0 Å². The van der Waals surface area contributed by atoms with E-state index in [2.05, 4.69) is 23.5 Å². The number of carbonyl (C=O) groups is 1. The summed E-state index contributed by atoms with van der Waals surface area (Å²) >= 11 is 0. The van der Waals surface area contributed by atoms with Gasteiger partial charge in [-0.15, -0.1) is 0 Å². The van der Waals surface area contributed by atoms with Crippen molar-refractivity contribution >= 4 is 5.78 Å². The predicted octanol–water partition coefficient (Wildman–Crippen LogP) is 4.06. The average molecular weight is 283 g/mol. The maximum absolute atomic E-state index is 13.0. The van der Waals surface area contributed by atoms with Gasteiger partial charge in [-0.2, -0.15) is 0 Å². The van der Waals surface area contributed by atoms with E-state index in [-0.39, 0.29) is 6.04 Å². The van der Waals surface area contributed by atoms with E-state index in [0.29, 0.717) is 17.7 Å². The normalized spacial score (nSPS) is 32.5. The molecule has 1 aromatic rings. The monoisotopic (exact) mass is 283 g/mol. The fraction of sp³-hybridized carbons (Fsp3) is 0.632. The predicted molar refractivity (Wildman–Crippen MR) is 84.7 cm³/mol.